The van der Waals surface area contributed by atoms with Crippen LogP contribution in [0.15, 0.2) is 52.6 Å². The topological polar surface area (TPSA) is 39.9 Å². The van der Waals surface area contributed by atoms with E-state index in [0.717, 1.165) is 27.0 Å². The molecule has 0 atom stereocenters. The lowest BCUT2D eigenvalue weighted by molar-refractivity contribution is 0.174. The first-order chi connectivity index (χ1) is 13.0. The Morgan fingerprint density at radius 2 is 1.78 bits per heavy atom. The predicted octanol–water partition coefficient (Wildman–Crippen LogP) is 6.05. The Hall–Kier alpha value is -1.53. The minimum absolute atomic E-state index is 0.274. The number of methoxy groups -OCH3 is 1. The number of rotatable bonds is 7. The molecule has 0 aliphatic heterocycles. The lowest BCUT2D eigenvalue weighted by atomic mass is 10.1. The minimum atomic E-state index is 0.274. The van der Waals surface area contributed by atoms with Crippen LogP contribution >= 0.6 is 35.0 Å². The molecule has 4 nitrogen and oxygen atoms in total. The van der Waals surface area contributed by atoms with Crippen LogP contribution in [0.25, 0.3) is 0 Å². The van der Waals surface area contributed by atoms with Gasteiger partial charge in [-0.15, -0.1) is 0 Å². The SMILES string of the molecule is COCc1nc(C(C)C)c(Sc2cc(Cl)cc(Cl)c2)n1Cc1ccncc1. The molecular weight excluding hydrogens is 401 g/mol. The number of pyridine rings is 1. The quantitative estimate of drug-likeness (QED) is 0.464. The fraction of sp³-hybridized carbons (Fsp3) is 0.300. The highest BCUT2D eigenvalue weighted by atomic mass is 35.5. The maximum atomic E-state index is 6.20. The van der Waals surface area contributed by atoms with Gasteiger partial charge >= 0.3 is 0 Å². The summed E-state index contributed by atoms with van der Waals surface area (Å²) in [5.74, 6) is 1.17. The van der Waals surface area contributed by atoms with E-state index in [9.17, 15) is 0 Å². The number of hydrogen-bond donors (Lipinski definition) is 0. The molecule has 0 unspecified atom stereocenters. The van der Waals surface area contributed by atoms with Gasteiger partial charge in [0.05, 0.1) is 12.2 Å². The zero-order valence-corrected chi connectivity index (χ0v) is 17.8. The molecule has 2 aromatic heterocycles. The summed E-state index contributed by atoms with van der Waals surface area (Å²) in [4.78, 5) is 9.96. The summed E-state index contributed by atoms with van der Waals surface area (Å²) in [6, 6.07) is 9.60. The van der Waals surface area contributed by atoms with Crippen LogP contribution in [0.5, 0.6) is 0 Å². The summed E-state index contributed by atoms with van der Waals surface area (Å²) in [6.07, 6.45) is 3.60. The molecule has 0 amide bonds. The number of nitrogens with zero attached hydrogens (tertiary/aromatic N) is 3. The van der Waals surface area contributed by atoms with Crippen molar-refractivity contribution in [3.05, 3.63) is 69.9 Å². The van der Waals surface area contributed by atoms with Crippen molar-refractivity contribution >= 4 is 35.0 Å². The molecule has 3 rings (SSSR count). The van der Waals surface area contributed by atoms with Crippen LogP contribution in [-0.4, -0.2) is 21.6 Å². The second-order valence-electron chi connectivity index (χ2n) is 6.45. The van der Waals surface area contributed by atoms with Gasteiger partial charge in [0.25, 0.3) is 0 Å². The molecule has 0 N–H and O–H groups in total. The Morgan fingerprint density at radius 3 is 2.37 bits per heavy atom. The van der Waals surface area contributed by atoms with Crippen LogP contribution in [0, 0.1) is 0 Å². The smallest absolute Gasteiger partial charge is 0.136 e. The van der Waals surface area contributed by atoms with Crippen LogP contribution in [-0.2, 0) is 17.9 Å². The highest BCUT2D eigenvalue weighted by Crippen LogP contribution is 2.37. The third-order valence-corrected chi connectivity index (χ3v) is 5.52. The number of benzene rings is 1. The van der Waals surface area contributed by atoms with Crippen LogP contribution in [0.2, 0.25) is 10.0 Å². The average molecular weight is 422 g/mol. The normalized spacial score (nSPS) is 11.3. The van der Waals surface area contributed by atoms with E-state index < -0.39 is 0 Å². The number of ether oxygens (including phenoxy) is 1. The van der Waals surface area contributed by atoms with E-state index in [1.54, 1.807) is 37.3 Å². The molecular formula is C20H21Cl2N3OS. The molecule has 0 spiro atoms. The summed E-state index contributed by atoms with van der Waals surface area (Å²) < 4.78 is 7.60. The Labute approximate surface area is 173 Å². The third kappa shape index (κ3) is 5.05. The number of imidazole rings is 1. The standard InChI is InChI=1S/C20H21Cl2N3OS/c1-13(2)19-20(27-17-9-15(21)8-16(22)10-17)25(18(24-19)12-26-3)11-14-4-6-23-7-5-14/h4-10,13H,11-12H2,1-3H3. The maximum absolute atomic E-state index is 6.20. The van der Waals surface area contributed by atoms with Crippen molar-refractivity contribution in [2.45, 2.75) is 42.8 Å². The fourth-order valence-electron chi connectivity index (χ4n) is 2.76. The molecule has 0 bridgehead atoms. The van der Waals surface area contributed by atoms with Gasteiger partial charge < -0.3 is 9.30 Å². The minimum Gasteiger partial charge on any atom is -0.377 e. The van der Waals surface area contributed by atoms with Crippen LogP contribution < -0.4 is 0 Å². The first-order valence-electron chi connectivity index (χ1n) is 8.59. The average Bonchev–Trinajstić information content (AvgIpc) is 2.93. The highest BCUT2D eigenvalue weighted by Gasteiger charge is 2.21. The summed E-state index contributed by atoms with van der Waals surface area (Å²) in [6.45, 7) is 5.43. The molecule has 1 aromatic carbocycles. The maximum Gasteiger partial charge on any atom is 0.136 e. The van der Waals surface area contributed by atoms with Crippen molar-refractivity contribution in [1.82, 2.24) is 14.5 Å². The molecule has 0 aliphatic carbocycles. The first kappa shape index (κ1) is 20.2. The molecule has 2 heterocycles. The first-order valence-corrected chi connectivity index (χ1v) is 10.2. The Bertz CT molecular complexity index is 893. The van der Waals surface area contributed by atoms with E-state index in [4.69, 9.17) is 32.9 Å². The monoisotopic (exact) mass is 421 g/mol. The number of halogens is 2. The van der Waals surface area contributed by atoms with E-state index in [2.05, 4.69) is 23.4 Å². The van der Waals surface area contributed by atoms with Crippen molar-refractivity contribution in [1.29, 1.82) is 0 Å². The molecule has 0 saturated heterocycles. The summed E-state index contributed by atoms with van der Waals surface area (Å²) in [5.41, 5.74) is 2.19. The van der Waals surface area contributed by atoms with Gasteiger partial charge in [-0.3, -0.25) is 4.98 Å². The zero-order valence-electron chi connectivity index (χ0n) is 15.4. The van der Waals surface area contributed by atoms with Crippen molar-refractivity contribution in [2.75, 3.05) is 7.11 Å². The predicted molar refractivity (Wildman–Crippen MR) is 111 cm³/mol. The van der Waals surface area contributed by atoms with Gasteiger partial charge in [0.2, 0.25) is 0 Å². The number of aromatic nitrogens is 3. The summed E-state index contributed by atoms with van der Waals surface area (Å²) in [7, 11) is 1.68. The van der Waals surface area contributed by atoms with Gasteiger partial charge in [-0.2, -0.15) is 0 Å². The van der Waals surface area contributed by atoms with Gasteiger partial charge in [-0.25, -0.2) is 4.98 Å². The van der Waals surface area contributed by atoms with Gasteiger partial charge in [-0.1, -0.05) is 48.8 Å². The Balaban J connectivity index is 2.08. The van der Waals surface area contributed by atoms with Gasteiger partial charge in [0.15, 0.2) is 0 Å². The van der Waals surface area contributed by atoms with E-state index in [0.29, 0.717) is 23.2 Å². The second kappa shape index (κ2) is 9.11. The third-order valence-electron chi connectivity index (χ3n) is 3.99. The summed E-state index contributed by atoms with van der Waals surface area (Å²) >= 11 is 14.0. The lowest BCUT2D eigenvalue weighted by Crippen LogP contribution is -2.07. The van der Waals surface area contributed by atoms with Crippen LogP contribution in [0.4, 0.5) is 0 Å². The molecule has 0 radical (unpaired) electrons. The van der Waals surface area contributed by atoms with Gasteiger partial charge in [0, 0.05) is 34.4 Å². The summed E-state index contributed by atoms with van der Waals surface area (Å²) in [5, 5.41) is 2.31. The zero-order chi connectivity index (χ0) is 19.4. The molecule has 0 fully saturated rings. The lowest BCUT2D eigenvalue weighted by Gasteiger charge is -2.13. The molecule has 142 valence electrons. The Morgan fingerprint density at radius 1 is 1.11 bits per heavy atom. The fourth-order valence-corrected chi connectivity index (χ4v) is 4.67. The molecule has 27 heavy (non-hydrogen) atoms. The van der Waals surface area contributed by atoms with Crippen LogP contribution in [0.3, 0.4) is 0 Å². The highest BCUT2D eigenvalue weighted by molar-refractivity contribution is 7.99. The van der Waals surface area contributed by atoms with E-state index in [-0.39, 0.29) is 5.92 Å². The van der Waals surface area contributed by atoms with Crippen molar-refractivity contribution in [3.63, 3.8) is 0 Å². The molecule has 0 saturated carbocycles. The van der Waals surface area contributed by atoms with Crippen molar-refractivity contribution in [3.8, 4) is 0 Å². The van der Waals surface area contributed by atoms with Gasteiger partial charge in [-0.05, 0) is 41.8 Å². The Kier molecular flexibility index (Phi) is 6.82. The van der Waals surface area contributed by atoms with E-state index in [1.807, 2.05) is 24.3 Å². The number of hydrogen-bond acceptors (Lipinski definition) is 4. The van der Waals surface area contributed by atoms with Crippen molar-refractivity contribution < 1.29 is 4.74 Å². The van der Waals surface area contributed by atoms with Gasteiger partial charge in [0.1, 0.15) is 17.5 Å². The second-order valence-corrected chi connectivity index (χ2v) is 8.39. The van der Waals surface area contributed by atoms with E-state index >= 15 is 0 Å². The van der Waals surface area contributed by atoms with E-state index in [1.165, 1.54) is 0 Å². The largest absolute Gasteiger partial charge is 0.377 e. The van der Waals surface area contributed by atoms with Crippen molar-refractivity contribution in [2.24, 2.45) is 0 Å². The molecule has 7 heteroatoms. The van der Waals surface area contributed by atoms with Crippen LogP contribution in [0.1, 0.15) is 36.8 Å². The molecule has 0 aliphatic rings. The molecule has 3 aromatic rings.